The highest BCUT2D eigenvalue weighted by Crippen LogP contribution is 1.53. The predicted molar refractivity (Wildman–Crippen MR) is 37.8 cm³/mol. The Balaban J connectivity index is 0. The fraction of sp³-hybridized carbons (Fsp3) is 0.833. The van der Waals surface area contributed by atoms with Crippen LogP contribution in [0.25, 0.3) is 0 Å². The van der Waals surface area contributed by atoms with Gasteiger partial charge in [-0.3, -0.25) is 4.79 Å². The molecule has 0 atom stereocenters. The number of nitrogens with one attached hydrogen (secondary N) is 1. The highest BCUT2D eigenvalue weighted by atomic mass is 16.1. The van der Waals surface area contributed by atoms with Gasteiger partial charge in [-0.05, 0) is 13.8 Å². The van der Waals surface area contributed by atoms with E-state index in [0.29, 0.717) is 6.04 Å². The first-order valence-electron chi connectivity index (χ1n) is 3.02. The van der Waals surface area contributed by atoms with Crippen molar-refractivity contribution in [3.8, 4) is 0 Å². The van der Waals surface area contributed by atoms with Gasteiger partial charge in [0.05, 0.1) is 6.04 Å². The quantitative estimate of drug-likeness (QED) is 0.455. The van der Waals surface area contributed by atoms with Crippen molar-refractivity contribution in [3.63, 3.8) is 0 Å². The van der Waals surface area contributed by atoms with Gasteiger partial charge in [-0.1, -0.05) is 0 Å². The van der Waals surface area contributed by atoms with Gasteiger partial charge in [0, 0.05) is 14.0 Å². The van der Waals surface area contributed by atoms with Crippen LogP contribution in [0.4, 0.5) is 0 Å². The van der Waals surface area contributed by atoms with Gasteiger partial charge in [0.15, 0.2) is 0 Å². The number of quaternary nitrogens is 1. The molecular formula is C6H17N2O+. The van der Waals surface area contributed by atoms with Crippen LogP contribution in [0.1, 0.15) is 20.8 Å². The molecule has 0 aliphatic rings. The molecule has 3 nitrogen and oxygen atoms in total. The Labute approximate surface area is 56.6 Å². The minimum atomic E-state index is 0.00463. The van der Waals surface area contributed by atoms with Crippen molar-refractivity contribution in [3.05, 3.63) is 0 Å². The van der Waals surface area contributed by atoms with Crippen LogP contribution in [0.2, 0.25) is 0 Å². The number of amides is 1. The Hall–Kier alpha value is -0.570. The van der Waals surface area contributed by atoms with E-state index in [0.717, 1.165) is 0 Å². The summed E-state index contributed by atoms with van der Waals surface area (Å²) in [5.74, 6) is 0.00463. The number of hydrogen-bond acceptors (Lipinski definition) is 1. The van der Waals surface area contributed by atoms with Crippen LogP contribution in [-0.2, 0) is 4.79 Å². The van der Waals surface area contributed by atoms with Crippen LogP contribution in [-0.4, -0.2) is 19.0 Å². The summed E-state index contributed by atoms with van der Waals surface area (Å²) in [7, 11) is 1.60. The predicted octanol–water partition coefficient (Wildman–Crippen LogP) is -0.611. The first-order chi connectivity index (χ1) is 4.00. The van der Waals surface area contributed by atoms with E-state index in [1.165, 1.54) is 6.92 Å². The van der Waals surface area contributed by atoms with E-state index in [9.17, 15) is 4.79 Å². The molecule has 56 valence electrons. The molecule has 0 aromatic heterocycles. The fourth-order valence-electron chi connectivity index (χ4n) is 0. The molecule has 0 heterocycles. The van der Waals surface area contributed by atoms with Gasteiger partial charge in [0.2, 0.25) is 5.91 Å². The molecule has 0 aromatic rings. The standard InChI is InChI=1S/C3H7NO.C3H9N/c1-3(5)4-2;1-3(2)4/h1-2H3,(H,4,5);3H,4H2,1-2H3/p+1. The second-order valence-electron chi connectivity index (χ2n) is 2.20. The summed E-state index contributed by atoms with van der Waals surface area (Å²) >= 11 is 0. The lowest BCUT2D eigenvalue weighted by Crippen LogP contribution is -2.57. The van der Waals surface area contributed by atoms with E-state index >= 15 is 0 Å². The summed E-state index contributed by atoms with van der Waals surface area (Å²) in [5.41, 5.74) is 3.64. The average Bonchev–Trinajstić information content (AvgIpc) is 1.65. The molecule has 4 N–H and O–H groups in total. The topological polar surface area (TPSA) is 56.7 Å². The molecule has 0 aromatic carbocycles. The SMILES string of the molecule is CC(C)[NH3+].CNC(C)=O. The molecule has 0 aliphatic heterocycles. The lowest BCUT2D eigenvalue weighted by molar-refractivity contribution is -0.407. The maximum atomic E-state index is 9.70. The van der Waals surface area contributed by atoms with Crippen LogP contribution >= 0.6 is 0 Å². The van der Waals surface area contributed by atoms with Crippen molar-refractivity contribution in [2.24, 2.45) is 0 Å². The van der Waals surface area contributed by atoms with E-state index in [1.807, 2.05) is 0 Å². The Morgan fingerprint density at radius 1 is 1.56 bits per heavy atom. The van der Waals surface area contributed by atoms with Crippen molar-refractivity contribution in [1.82, 2.24) is 5.32 Å². The van der Waals surface area contributed by atoms with Crippen LogP contribution in [0.3, 0.4) is 0 Å². The van der Waals surface area contributed by atoms with Gasteiger partial charge in [0.25, 0.3) is 0 Å². The van der Waals surface area contributed by atoms with Gasteiger partial charge in [-0.15, -0.1) is 0 Å². The Morgan fingerprint density at radius 3 is 1.67 bits per heavy atom. The van der Waals surface area contributed by atoms with E-state index in [2.05, 4.69) is 24.9 Å². The number of carbonyl (C=O) groups is 1. The van der Waals surface area contributed by atoms with E-state index in [-0.39, 0.29) is 5.91 Å². The maximum Gasteiger partial charge on any atom is 0.216 e. The zero-order valence-electron chi connectivity index (χ0n) is 6.69. The van der Waals surface area contributed by atoms with Gasteiger partial charge in [-0.25, -0.2) is 0 Å². The molecule has 9 heavy (non-hydrogen) atoms. The number of carbonyl (C=O) groups excluding carboxylic acids is 1. The van der Waals surface area contributed by atoms with Gasteiger partial charge in [-0.2, -0.15) is 0 Å². The Kier molecular flexibility index (Phi) is 9.29. The molecule has 0 radical (unpaired) electrons. The molecule has 1 amide bonds. The zero-order valence-corrected chi connectivity index (χ0v) is 6.69. The molecule has 0 saturated carbocycles. The van der Waals surface area contributed by atoms with Crippen LogP contribution < -0.4 is 11.1 Å². The minimum Gasteiger partial charge on any atom is -0.359 e. The van der Waals surface area contributed by atoms with Crippen molar-refractivity contribution >= 4 is 5.91 Å². The molecule has 3 heteroatoms. The van der Waals surface area contributed by atoms with Gasteiger partial charge in [0.1, 0.15) is 0 Å². The molecule has 0 bridgehead atoms. The van der Waals surface area contributed by atoms with Crippen LogP contribution in [0.5, 0.6) is 0 Å². The molecule has 0 aliphatic carbocycles. The van der Waals surface area contributed by atoms with Crippen LogP contribution in [0, 0.1) is 0 Å². The van der Waals surface area contributed by atoms with Crippen molar-refractivity contribution in [1.29, 1.82) is 0 Å². The summed E-state index contributed by atoms with van der Waals surface area (Å²) in [6.07, 6.45) is 0. The third-order valence-electron chi connectivity index (χ3n) is 0.352. The lowest BCUT2D eigenvalue weighted by Gasteiger charge is -1.80. The maximum absolute atomic E-state index is 9.70. The largest absolute Gasteiger partial charge is 0.359 e. The van der Waals surface area contributed by atoms with E-state index < -0.39 is 0 Å². The molecule has 0 spiro atoms. The minimum absolute atomic E-state index is 0.00463. The summed E-state index contributed by atoms with van der Waals surface area (Å²) in [6.45, 7) is 5.58. The zero-order chi connectivity index (χ0) is 7.86. The highest BCUT2D eigenvalue weighted by Gasteiger charge is 1.72. The van der Waals surface area contributed by atoms with Crippen molar-refractivity contribution in [2.45, 2.75) is 26.8 Å². The number of rotatable bonds is 0. The fourth-order valence-corrected chi connectivity index (χ4v) is 0. The van der Waals surface area contributed by atoms with Gasteiger partial charge >= 0.3 is 0 Å². The molecule has 0 saturated heterocycles. The first-order valence-corrected chi connectivity index (χ1v) is 3.02. The Bertz CT molecular complexity index is 68.7. The third kappa shape index (κ3) is 107. The monoisotopic (exact) mass is 133 g/mol. The normalized spacial score (nSPS) is 7.78. The molecule has 0 unspecified atom stereocenters. The summed E-state index contributed by atoms with van der Waals surface area (Å²) in [5, 5.41) is 2.39. The lowest BCUT2D eigenvalue weighted by atomic mass is 10.5. The average molecular weight is 133 g/mol. The van der Waals surface area contributed by atoms with Gasteiger partial charge < -0.3 is 11.1 Å². The summed E-state index contributed by atoms with van der Waals surface area (Å²) in [6, 6.07) is 0.583. The highest BCUT2D eigenvalue weighted by molar-refractivity contribution is 5.72. The first kappa shape index (κ1) is 11.3. The second kappa shape index (κ2) is 7.43. The third-order valence-corrected chi connectivity index (χ3v) is 0.352. The molecule has 0 rings (SSSR count). The smallest absolute Gasteiger partial charge is 0.216 e. The second-order valence-corrected chi connectivity index (χ2v) is 2.20. The summed E-state index contributed by atoms with van der Waals surface area (Å²) < 4.78 is 0. The summed E-state index contributed by atoms with van der Waals surface area (Å²) in [4.78, 5) is 9.70. The Morgan fingerprint density at radius 2 is 1.67 bits per heavy atom. The van der Waals surface area contributed by atoms with E-state index in [4.69, 9.17) is 0 Å². The molecular weight excluding hydrogens is 116 g/mol. The van der Waals surface area contributed by atoms with Crippen molar-refractivity contribution < 1.29 is 10.5 Å². The van der Waals surface area contributed by atoms with Crippen molar-refractivity contribution in [2.75, 3.05) is 7.05 Å². The number of hydrogen-bond donors (Lipinski definition) is 2. The molecule has 0 fully saturated rings. The van der Waals surface area contributed by atoms with Crippen LogP contribution in [0.15, 0.2) is 0 Å². The van der Waals surface area contributed by atoms with E-state index in [1.54, 1.807) is 7.05 Å².